The summed E-state index contributed by atoms with van der Waals surface area (Å²) in [6.07, 6.45) is 2.02. The van der Waals surface area contributed by atoms with E-state index in [4.69, 9.17) is 19.4 Å². The number of H-pyrrole nitrogens is 1. The van der Waals surface area contributed by atoms with Crippen LogP contribution in [0.2, 0.25) is 0 Å². The van der Waals surface area contributed by atoms with Crippen LogP contribution < -0.4 is 4.90 Å². The zero-order valence-corrected chi connectivity index (χ0v) is 15.6. The number of ether oxygens (including phenoxy) is 2. The maximum absolute atomic E-state index is 5.57. The molecule has 1 saturated heterocycles. The van der Waals surface area contributed by atoms with Crippen LogP contribution >= 0.6 is 0 Å². The van der Waals surface area contributed by atoms with Crippen LogP contribution in [0.4, 0.5) is 5.82 Å². The van der Waals surface area contributed by atoms with Crippen LogP contribution in [0.1, 0.15) is 35.1 Å². The van der Waals surface area contributed by atoms with E-state index in [2.05, 4.69) is 40.2 Å². The monoisotopic (exact) mass is 364 g/mol. The van der Waals surface area contributed by atoms with Crippen LogP contribution in [-0.4, -0.2) is 41.8 Å². The Morgan fingerprint density at radius 2 is 2.22 bits per heavy atom. The number of nitrogens with zero attached hydrogens (tertiary/aromatic N) is 3. The molecule has 140 valence electrons. The summed E-state index contributed by atoms with van der Waals surface area (Å²) in [5.74, 6) is 2.10. The van der Waals surface area contributed by atoms with E-state index in [1.54, 1.807) is 7.11 Å². The molecule has 6 nitrogen and oxygen atoms in total. The zero-order valence-electron chi connectivity index (χ0n) is 15.6. The summed E-state index contributed by atoms with van der Waals surface area (Å²) in [7, 11) is 1.69. The minimum absolute atomic E-state index is 0.357. The molecule has 0 amide bonds. The van der Waals surface area contributed by atoms with Crippen LogP contribution in [0.25, 0.3) is 10.9 Å². The fourth-order valence-corrected chi connectivity index (χ4v) is 4.20. The van der Waals surface area contributed by atoms with Gasteiger partial charge in [-0.25, -0.2) is 9.97 Å². The highest BCUT2D eigenvalue weighted by atomic mass is 16.5. The third-order valence-electron chi connectivity index (χ3n) is 5.61. The number of aromatic amines is 1. The Morgan fingerprint density at radius 1 is 1.30 bits per heavy atom. The lowest BCUT2D eigenvalue weighted by Crippen LogP contribution is -2.31. The first kappa shape index (κ1) is 16.7. The SMILES string of the molecule is COCc1nc([C@@H]2CCOC2)cc(N2CCc3[nH]c4ccccc4c3C2)n1. The molecule has 3 aromatic rings. The van der Waals surface area contributed by atoms with Gasteiger partial charge in [0, 0.05) is 67.4 Å². The molecule has 1 aromatic carbocycles. The molecule has 0 spiro atoms. The Morgan fingerprint density at radius 3 is 3.07 bits per heavy atom. The lowest BCUT2D eigenvalue weighted by Gasteiger charge is -2.29. The molecule has 2 aliphatic rings. The van der Waals surface area contributed by atoms with Gasteiger partial charge in [0.05, 0.1) is 12.3 Å². The first-order valence-corrected chi connectivity index (χ1v) is 9.60. The van der Waals surface area contributed by atoms with Crippen molar-refractivity contribution in [3.8, 4) is 0 Å². The van der Waals surface area contributed by atoms with Crippen molar-refractivity contribution in [2.24, 2.45) is 0 Å². The van der Waals surface area contributed by atoms with E-state index < -0.39 is 0 Å². The Balaban J connectivity index is 1.50. The van der Waals surface area contributed by atoms with E-state index in [0.29, 0.717) is 12.5 Å². The predicted molar refractivity (Wildman–Crippen MR) is 104 cm³/mol. The summed E-state index contributed by atoms with van der Waals surface area (Å²) in [5, 5.41) is 1.31. The first-order chi connectivity index (χ1) is 13.3. The molecule has 0 unspecified atom stereocenters. The number of fused-ring (bicyclic) bond motifs is 3. The molecule has 1 N–H and O–H groups in total. The summed E-state index contributed by atoms with van der Waals surface area (Å²) in [5.41, 5.74) is 5.03. The van der Waals surface area contributed by atoms with Crippen molar-refractivity contribution < 1.29 is 9.47 Å². The highest BCUT2D eigenvalue weighted by molar-refractivity contribution is 5.85. The predicted octanol–water partition coefficient (Wildman–Crippen LogP) is 3.17. The average molecular weight is 364 g/mol. The highest BCUT2D eigenvalue weighted by Crippen LogP contribution is 2.31. The first-order valence-electron chi connectivity index (χ1n) is 9.60. The number of aromatic nitrogens is 3. The number of hydrogen-bond donors (Lipinski definition) is 1. The van der Waals surface area contributed by atoms with Crippen molar-refractivity contribution in [2.45, 2.75) is 31.9 Å². The quantitative estimate of drug-likeness (QED) is 0.770. The lowest BCUT2D eigenvalue weighted by atomic mass is 10.0. The Hall–Kier alpha value is -2.44. The third-order valence-corrected chi connectivity index (χ3v) is 5.61. The second kappa shape index (κ2) is 6.94. The van der Waals surface area contributed by atoms with Crippen molar-refractivity contribution >= 4 is 16.7 Å². The van der Waals surface area contributed by atoms with Gasteiger partial charge in [-0.1, -0.05) is 18.2 Å². The van der Waals surface area contributed by atoms with Crippen LogP contribution in [0.3, 0.4) is 0 Å². The number of hydrogen-bond acceptors (Lipinski definition) is 5. The second-order valence-corrected chi connectivity index (χ2v) is 7.36. The number of methoxy groups -OCH3 is 1. The minimum Gasteiger partial charge on any atom is -0.381 e. The fraction of sp³-hybridized carbons (Fsp3) is 0.429. The lowest BCUT2D eigenvalue weighted by molar-refractivity contribution is 0.177. The summed E-state index contributed by atoms with van der Waals surface area (Å²) >= 11 is 0. The molecule has 1 atom stereocenters. The Bertz CT molecular complexity index is 962. The van der Waals surface area contributed by atoms with E-state index in [-0.39, 0.29) is 0 Å². The van der Waals surface area contributed by atoms with Gasteiger partial charge in [-0.05, 0) is 12.5 Å². The van der Waals surface area contributed by atoms with Crippen molar-refractivity contribution in [3.63, 3.8) is 0 Å². The molecular weight excluding hydrogens is 340 g/mol. The van der Waals surface area contributed by atoms with Crippen molar-refractivity contribution in [1.29, 1.82) is 0 Å². The van der Waals surface area contributed by atoms with E-state index >= 15 is 0 Å². The van der Waals surface area contributed by atoms with Gasteiger partial charge < -0.3 is 19.4 Å². The topological polar surface area (TPSA) is 63.3 Å². The molecule has 5 rings (SSSR count). The summed E-state index contributed by atoms with van der Waals surface area (Å²) in [4.78, 5) is 15.5. The van der Waals surface area contributed by atoms with Crippen LogP contribution in [0.5, 0.6) is 0 Å². The normalized spacial score (nSPS) is 19.6. The molecule has 0 aliphatic carbocycles. The number of para-hydroxylation sites is 1. The third kappa shape index (κ3) is 3.09. The summed E-state index contributed by atoms with van der Waals surface area (Å²) in [6, 6.07) is 10.7. The molecule has 1 fully saturated rings. The van der Waals surface area contributed by atoms with Crippen molar-refractivity contribution in [2.75, 3.05) is 31.8 Å². The molecule has 2 aromatic heterocycles. The molecular formula is C21H24N4O2. The standard InChI is InChI=1S/C21H24N4O2/c1-26-13-20-23-19(14-7-9-27-12-14)10-21(24-20)25-8-6-18-16(11-25)15-4-2-3-5-17(15)22-18/h2-5,10,14,22H,6-9,11-13H2,1H3/t14-/m1/s1. The minimum atomic E-state index is 0.357. The van der Waals surface area contributed by atoms with E-state index in [0.717, 1.165) is 56.5 Å². The van der Waals surface area contributed by atoms with E-state index in [9.17, 15) is 0 Å². The van der Waals surface area contributed by atoms with E-state index in [1.165, 1.54) is 22.2 Å². The van der Waals surface area contributed by atoms with Crippen molar-refractivity contribution in [3.05, 3.63) is 53.1 Å². The molecule has 2 aliphatic heterocycles. The maximum Gasteiger partial charge on any atom is 0.156 e. The maximum atomic E-state index is 5.57. The fourth-order valence-electron chi connectivity index (χ4n) is 4.20. The van der Waals surface area contributed by atoms with Gasteiger partial charge in [0.2, 0.25) is 0 Å². The van der Waals surface area contributed by atoms with Gasteiger partial charge in [-0.15, -0.1) is 0 Å². The number of rotatable bonds is 4. The van der Waals surface area contributed by atoms with E-state index in [1.807, 2.05) is 0 Å². The second-order valence-electron chi connectivity index (χ2n) is 7.36. The van der Waals surface area contributed by atoms with Gasteiger partial charge in [0.15, 0.2) is 5.82 Å². The number of anilines is 1. The van der Waals surface area contributed by atoms with Gasteiger partial charge >= 0.3 is 0 Å². The molecule has 4 heterocycles. The van der Waals surface area contributed by atoms with Gasteiger partial charge in [-0.2, -0.15) is 0 Å². The van der Waals surface area contributed by atoms with Crippen LogP contribution in [-0.2, 0) is 29.0 Å². The molecule has 0 radical (unpaired) electrons. The largest absolute Gasteiger partial charge is 0.381 e. The van der Waals surface area contributed by atoms with Gasteiger partial charge in [-0.3, -0.25) is 0 Å². The van der Waals surface area contributed by atoms with Crippen molar-refractivity contribution in [1.82, 2.24) is 15.0 Å². The average Bonchev–Trinajstić information content (AvgIpc) is 3.35. The Labute approximate surface area is 158 Å². The zero-order chi connectivity index (χ0) is 18.2. The molecule has 0 bridgehead atoms. The Kier molecular flexibility index (Phi) is 4.30. The summed E-state index contributed by atoms with van der Waals surface area (Å²) < 4.78 is 10.9. The highest BCUT2D eigenvalue weighted by Gasteiger charge is 2.25. The number of benzene rings is 1. The molecule has 6 heteroatoms. The van der Waals surface area contributed by atoms with Crippen LogP contribution in [0, 0.1) is 0 Å². The smallest absolute Gasteiger partial charge is 0.156 e. The van der Waals surface area contributed by atoms with Crippen LogP contribution in [0.15, 0.2) is 30.3 Å². The van der Waals surface area contributed by atoms with Gasteiger partial charge in [0.25, 0.3) is 0 Å². The number of nitrogens with one attached hydrogen (secondary N) is 1. The molecule has 0 saturated carbocycles. The van der Waals surface area contributed by atoms with Gasteiger partial charge in [0.1, 0.15) is 12.4 Å². The molecule has 27 heavy (non-hydrogen) atoms. The summed E-state index contributed by atoms with van der Waals surface area (Å²) in [6.45, 7) is 3.80.